The van der Waals surface area contributed by atoms with Gasteiger partial charge in [-0.3, -0.25) is 0 Å². The number of likely N-dealkylation sites (N-methyl/N-ethyl adjacent to an activating group) is 1. The van der Waals surface area contributed by atoms with Gasteiger partial charge in [-0.2, -0.15) is 4.98 Å². The Bertz CT molecular complexity index is 347. The first-order valence-corrected chi connectivity index (χ1v) is 6.13. The molecule has 1 aliphatic rings. The van der Waals surface area contributed by atoms with E-state index in [0.29, 0.717) is 24.7 Å². The molecule has 17 heavy (non-hydrogen) atoms. The van der Waals surface area contributed by atoms with E-state index in [4.69, 9.17) is 4.52 Å². The lowest BCUT2D eigenvalue weighted by atomic mass is 10.2. The number of anilines is 1. The predicted octanol–water partition coefficient (Wildman–Crippen LogP) is 0.135. The fraction of sp³-hybridized carbons (Fsp3) is 0.818. The molecule has 0 bridgehead atoms. The van der Waals surface area contributed by atoms with Crippen LogP contribution in [0.25, 0.3) is 0 Å². The molecule has 2 rings (SSSR count). The minimum absolute atomic E-state index is 0.393. The van der Waals surface area contributed by atoms with Crippen LogP contribution in [0.3, 0.4) is 0 Å². The number of nitrogens with zero attached hydrogens (tertiary/aromatic N) is 4. The maximum Gasteiger partial charge on any atom is 0.266 e. The smallest absolute Gasteiger partial charge is 0.266 e. The van der Waals surface area contributed by atoms with Crippen molar-refractivity contribution in [3.8, 4) is 0 Å². The third kappa shape index (κ3) is 3.17. The highest BCUT2D eigenvalue weighted by molar-refractivity contribution is 5.28. The summed E-state index contributed by atoms with van der Waals surface area (Å²) < 4.78 is 5.14. The number of aliphatic hydroxyl groups excluding tert-OH is 1. The summed E-state index contributed by atoms with van der Waals surface area (Å²) in [6.45, 7) is 5.81. The summed E-state index contributed by atoms with van der Waals surface area (Å²) in [6, 6.07) is 0. The molecule has 0 aromatic carbocycles. The van der Waals surface area contributed by atoms with Crippen molar-refractivity contribution in [3.63, 3.8) is 0 Å². The monoisotopic (exact) mass is 240 g/mol. The van der Waals surface area contributed by atoms with Crippen LogP contribution in [0.2, 0.25) is 0 Å². The zero-order chi connectivity index (χ0) is 12.3. The first-order valence-electron chi connectivity index (χ1n) is 6.13. The topological polar surface area (TPSA) is 65.6 Å². The highest BCUT2D eigenvalue weighted by Crippen LogP contribution is 2.13. The first-order chi connectivity index (χ1) is 8.19. The molecule has 0 radical (unpaired) electrons. The van der Waals surface area contributed by atoms with Crippen LogP contribution in [0.15, 0.2) is 4.52 Å². The fourth-order valence-electron chi connectivity index (χ4n) is 1.81. The van der Waals surface area contributed by atoms with E-state index < -0.39 is 6.10 Å². The molecule has 6 nitrogen and oxygen atoms in total. The molecule has 0 spiro atoms. The van der Waals surface area contributed by atoms with Crippen LogP contribution in [0.4, 0.5) is 5.95 Å². The molecule has 96 valence electrons. The molecule has 1 N–H and O–H groups in total. The van der Waals surface area contributed by atoms with Gasteiger partial charge in [0.05, 0.1) is 12.5 Å². The van der Waals surface area contributed by atoms with Crippen LogP contribution >= 0.6 is 0 Å². The van der Waals surface area contributed by atoms with Gasteiger partial charge in [0, 0.05) is 26.2 Å². The molecule has 0 aliphatic carbocycles. The predicted molar refractivity (Wildman–Crippen MR) is 64.0 cm³/mol. The van der Waals surface area contributed by atoms with Gasteiger partial charge in [0.25, 0.3) is 5.95 Å². The Morgan fingerprint density at radius 2 is 2.06 bits per heavy atom. The quantitative estimate of drug-likeness (QED) is 0.807. The fourth-order valence-corrected chi connectivity index (χ4v) is 1.81. The zero-order valence-corrected chi connectivity index (χ0v) is 10.5. The number of hydrogen-bond acceptors (Lipinski definition) is 6. The molecule has 1 aliphatic heterocycles. The number of piperazine rings is 1. The van der Waals surface area contributed by atoms with Crippen LogP contribution < -0.4 is 4.90 Å². The zero-order valence-electron chi connectivity index (χ0n) is 10.5. The molecule has 1 unspecified atom stereocenters. The standard InChI is InChI=1S/C11H20N4O2/c1-3-9(16)8-10-12-11(13-17-10)15-6-4-14(2)5-7-15/h9,16H,3-8H2,1-2H3. The summed E-state index contributed by atoms with van der Waals surface area (Å²) in [5, 5.41) is 13.5. The molecule has 0 amide bonds. The normalized spacial score (nSPS) is 19.6. The minimum atomic E-state index is -0.393. The Morgan fingerprint density at radius 3 is 2.71 bits per heavy atom. The Morgan fingerprint density at radius 1 is 1.35 bits per heavy atom. The van der Waals surface area contributed by atoms with Crippen molar-refractivity contribution in [2.24, 2.45) is 0 Å². The van der Waals surface area contributed by atoms with Crippen molar-refractivity contribution >= 4 is 5.95 Å². The van der Waals surface area contributed by atoms with E-state index in [1.54, 1.807) is 0 Å². The molecule has 1 aromatic rings. The lowest BCUT2D eigenvalue weighted by Gasteiger charge is -2.31. The van der Waals surface area contributed by atoms with Crippen LogP contribution in [0.5, 0.6) is 0 Å². The van der Waals surface area contributed by atoms with Crippen molar-refractivity contribution < 1.29 is 9.63 Å². The van der Waals surface area contributed by atoms with Gasteiger partial charge in [0.1, 0.15) is 0 Å². The van der Waals surface area contributed by atoms with Gasteiger partial charge in [-0.15, -0.1) is 0 Å². The van der Waals surface area contributed by atoms with Crippen molar-refractivity contribution in [2.75, 3.05) is 38.1 Å². The van der Waals surface area contributed by atoms with Crippen LogP contribution in [0.1, 0.15) is 19.2 Å². The van der Waals surface area contributed by atoms with Gasteiger partial charge in [-0.05, 0) is 18.6 Å². The van der Waals surface area contributed by atoms with Gasteiger partial charge < -0.3 is 19.4 Å². The van der Waals surface area contributed by atoms with Crippen LogP contribution in [-0.2, 0) is 6.42 Å². The molecule has 1 saturated heterocycles. The van der Waals surface area contributed by atoms with Crippen molar-refractivity contribution in [2.45, 2.75) is 25.9 Å². The third-order valence-corrected chi connectivity index (χ3v) is 3.12. The largest absolute Gasteiger partial charge is 0.393 e. The highest BCUT2D eigenvalue weighted by Gasteiger charge is 2.19. The average Bonchev–Trinajstić information content (AvgIpc) is 2.78. The molecule has 6 heteroatoms. The second-order valence-electron chi connectivity index (χ2n) is 4.54. The Balaban J connectivity index is 1.93. The first kappa shape index (κ1) is 12.3. The summed E-state index contributed by atoms with van der Waals surface area (Å²) in [4.78, 5) is 8.71. The van der Waals surface area contributed by atoms with E-state index in [1.165, 1.54) is 0 Å². The van der Waals surface area contributed by atoms with Crippen molar-refractivity contribution in [3.05, 3.63) is 5.89 Å². The minimum Gasteiger partial charge on any atom is -0.393 e. The van der Waals surface area contributed by atoms with Gasteiger partial charge in [0.2, 0.25) is 5.89 Å². The number of hydrogen-bond donors (Lipinski definition) is 1. The highest BCUT2D eigenvalue weighted by atomic mass is 16.5. The molecular formula is C11H20N4O2. The molecule has 1 aromatic heterocycles. The summed E-state index contributed by atoms with van der Waals surface area (Å²) in [7, 11) is 2.11. The summed E-state index contributed by atoms with van der Waals surface area (Å²) >= 11 is 0. The second-order valence-corrected chi connectivity index (χ2v) is 4.54. The number of rotatable bonds is 4. The Hall–Kier alpha value is -1.14. The summed E-state index contributed by atoms with van der Waals surface area (Å²) in [6.07, 6.45) is 0.750. The molecule has 2 heterocycles. The van der Waals surface area contributed by atoms with E-state index in [-0.39, 0.29) is 0 Å². The maximum atomic E-state index is 9.52. The van der Waals surface area contributed by atoms with E-state index >= 15 is 0 Å². The van der Waals surface area contributed by atoms with Gasteiger partial charge in [-0.1, -0.05) is 6.92 Å². The maximum absolute atomic E-state index is 9.52. The van der Waals surface area contributed by atoms with Crippen LogP contribution in [-0.4, -0.2) is 59.5 Å². The van der Waals surface area contributed by atoms with Gasteiger partial charge in [0.15, 0.2) is 0 Å². The summed E-state index contributed by atoms with van der Waals surface area (Å²) in [5.41, 5.74) is 0. The SMILES string of the molecule is CCC(O)Cc1nc(N2CCN(C)CC2)no1. The molecule has 1 atom stereocenters. The summed E-state index contributed by atoms with van der Waals surface area (Å²) in [5.74, 6) is 1.17. The van der Waals surface area contributed by atoms with Crippen LogP contribution in [0, 0.1) is 0 Å². The van der Waals surface area contributed by atoms with E-state index in [9.17, 15) is 5.11 Å². The lowest BCUT2D eigenvalue weighted by Crippen LogP contribution is -2.44. The number of aliphatic hydroxyl groups is 1. The Labute approximate surface area is 101 Å². The number of aromatic nitrogens is 2. The average molecular weight is 240 g/mol. The van der Waals surface area contributed by atoms with Crippen molar-refractivity contribution in [1.29, 1.82) is 0 Å². The third-order valence-electron chi connectivity index (χ3n) is 3.12. The molecule has 1 fully saturated rings. The van der Waals surface area contributed by atoms with Gasteiger partial charge in [-0.25, -0.2) is 0 Å². The van der Waals surface area contributed by atoms with Gasteiger partial charge >= 0.3 is 0 Å². The Kier molecular flexibility index (Phi) is 3.96. The van der Waals surface area contributed by atoms with E-state index in [2.05, 4.69) is 27.0 Å². The van der Waals surface area contributed by atoms with Crippen molar-refractivity contribution in [1.82, 2.24) is 15.0 Å². The second kappa shape index (κ2) is 5.46. The lowest BCUT2D eigenvalue weighted by molar-refractivity contribution is 0.158. The molecular weight excluding hydrogens is 220 g/mol. The van der Waals surface area contributed by atoms with E-state index in [1.807, 2.05) is 6.92 Å². The van der Waals surface area contributed by atoms with E-state index in [0.717, 1.165) is 26.2 Å². The molecule has 0 saturated carbocycles.